The molecule has 2 N–H and O–H groups in total. The zero-order valence-corrected chi connectivity index (χ0v) is 11.5. The lowest BCUT2D eigenvalue weighted by Crippen LogP contribution is -2.12. The molecule has 21 heavy (non-hydrogen) atoms. The molecule has 0 saturated heterocycles. The standard InChI is InChI=1S/C15H12FN3O2/c1-8-12(15(20)21-2)13(11(7-17)14(18)19-8)9-3-5-10(16)6-4-9/h3-6H,1-2H3,(H2,18,19). The van der Waals surface area contributed by atoms with Crippen LogP contribution in [0, 0.1) is 24.1 Å². The summed E-state index contributed by atoms with van der Waals surface area (Å²) in [5.74, 6) is -1.03. The Balaban J connectivity index is 2.86. The van der Waals surface area contributed by atoms with Gasteiger partial charge in [0, 0.05) is 5.56 Å². The molecule has 0 bridgehead atoms. The Hall–Kier alpha value is -2.94. The zero-order chi connectivity index (χ0) is 15.6. The number of rotatable bonds is 2. The summed E-state index contributed by atoms with van der Waals surface area (Å²) in [7, 11) is 1.23. The van der Waals surface area contributed by atoms with Gasteiger partial charge in [0.2, 0.25) is 0 Å². The Kier molecular flexibility index (Phi) is 3.85. The van der Waals surface area contributed by atoms with E-state index in [1.165, 1.54) is 31.4 Å². The van der Waals surface area contributed by atoms with Crippen LogP contribution in [0.5, 0.6) is 0 Å². The number of nitrogens with zero attached hydrogens (tertiary/aromatic N) is 2. The van der Waals surface area contributed by atoms with Gasteiger partial charge in [-0.25, -0.2) is 14.2 Å². The minimum Gasteiger partial charge on any atom is -0.465 e. The van der Waals surface area contributed by atoms with Gasteiger partial charge in [-0.1, -0.05) is 12.1 Å². The van der Waals surface area contributed by atoms with Gasteiger partial charge >= 0.3 is 5.97 Å². The van der Waals surface area contributed by atoms with E-state index in [0.29, 0.717) is 16.8 Å². The van der Waals surface area contributed by atoms with Crippen molar-refractivity contribution in [1.82, 2.24) is 4.98 Å². The average molecular weight is 285 g/mol. The molecule has 1 heterocycles. The lowest BCUT2D eigenvalue weighted by atomic mass is 9.94. The van der Waals surface area contributed by atoms with Crippen LogP contribution in [0.15, 0.2) is 24.3 Å². The Morgan fingerprint density at radius 1 is 1.38 bits per heavy atom. The lowest BCUT2D eigenvalue weighted by molar-refractivity contribution is 0.0600. The summed E-state index contributed by atoms with van der Waals surface area (Å²) in [6.07, 6.45) is 0. The predicted octanol–water partition coefficient (Wildman–Crippen LogP) is 2.44. The molecule has 0 atom stereocenters. The highest BCUT2D eigenvalue weighted by Gasteiger charge is 2.23. The van der Waals surface area contributed by atoms with Crippen molar-refractivity contribution in [2.45, 2.75) is 6.92 Å². The smallest absolute Gasteiger partial charge is 0.340 e. The molecule has 0 unspecified atom stereocenters. The minimum absolute atomic E-state index is 0.0157. The summed E-state index contributed by atoms with van der Waals surface area (Å²) in [5, 5.41) is 9.29. The fourth-order valence-corrected chi connectivity index (χ4v) is 2.10. The van der Waals surface area contributed by atoms with E-state index < -0.39 is 11.8 Å². The number of carbonyl (C=O) groups is 1. The molecule has 0 spiro atoms. The highest BCUT2D eigenvalue weighted by Crippen LogP contribution is 2.32. The number of esters is 1. The molecule has 0 fully saturated rings. The molecule has 1 aromatic heterocycles. The van der Waals surface area contributed by atoms with Crippen LogP contribution in [0.4, 0.5) is 10.2 Å². The summed E-state index contributed by atoms with van der Waals surface area (Å²) < 4.78 is 17.8. The Morgan fingerprint density at radius 3 is 2.52 bits per heavy atom. The third kappa shape index (κ3) is 2.54. The van der Waals surface area contributed by atoms with Crippen molar-refractivity contribution >= 4 is 11.8 Å². The number of halogens is 1. The Morgan fingerprint density at radius 2 is 2.00 bits per heavy atom. The van der Waals surface area contributed by atoms with Gasteiger partial charge < -0.3 is 10.5 Å². The molecule has 0 amide bonds. The van der Waals surface area contributed by atoms with E-state index in [4.69, 9.17) is 10.5 Å². The molecule has 6 heteroatoms. The quantitative estimate of drug-likeness (QED) is 0.856. The van der Waals surface area contributed by atoms with Crippen molar-refractivity contribution in [3.8, 4) is 17.2 Å². The topological polar surface area (TPSA) is 89.0 Å². The van der Waals surface area contributed by atoms with Gasteiger partial charge in [-0.05, 0) is 24.6 Å². The predicted molar refractivity (Wildman–Crippen MR) is 74.8 cm³/mol. The third-order valence-electron chi connectivity index (χ3n) is 3.04. The van der Waals surface area contributed by atoms with Crippen molar-refractivity contribution in [1.29, 1.82) is 5.26 Å². The van der Waals surface area contributed by atoms with Gasteiger partial charge in [-0.2, -0.15) is 5.26 Å². The molecule has 2 aromatic rings. The summed E-state index contributed by atoms with van der Waals surface area (Å²) in [5.41, 5.74) is 7.10. The molecule has 2 rings (SSSR count). The number of methoxy groups -OCH3 is 1. The number of benzene rings is 1. The number of pyridine rings is 1. The van der Waals surface area contributed by atoms with Crippen LogP contribution < -0.4 is 5.73 Å². The first-order chi connectivity index (χ1) is 9.99. The monoisotopic (exact) mass is 285 g/mol. The fourth-order valence-electron chi connectivity index (χ4n) is 2.10. The second-order valence-corrected chi connectivity index (χ2v) is 4.32. The van der Waals surface area contributed by atoms with Crippen molar-refractivity contribution in [2.24, 2.45) is 0 Å². The molecule has 0 aliphatic rings. The molecular weight excluding hydrogens is 273 g/mol. The maximum absolute atomic E-state index is 13.1. The van der Waals surface area contributed by atoms with E-state index in [1.54, 1.807) is 6.92 Å². The van der Waals surface area contributed by atoms with Crippen molar-refractivity contribution in [3.05, 3.63) is 46.9 Å². The SMILES string of the molecule is COC(=O)c1c(C)nc(N)c(C#N)c1-c1ccc(F)cc1. The summed E-state index contributed by atoms with van der Waals surface area (Å²) in [6, 6.07) is 7.35. The number of hydrogen-bond donors (Lipinski definition) is 1. The van der Waals surface area contributed by atoms with Gasteiger partial charge in [0.25, 0.3) is 0 Å². The average Bonchev–Trinajstić information content (AvgIpc) is 2.46. The van der Waals surface area contributed by atoms with Crippen LogP contribution in [0.3, 0.4) is 0 Å². The first kappa shape index (κ1) is 14.5. The number of nitrogen functional groups attached to an aromatic ring is 1. The first-order valence-electron chi connectivity index (χ1n) is 6.04. The summed E-state index contributed by atoms with van der Waals surface area (Å²) in [6.45, 7) is 1.59. The molecule has 0 aliphatic carbocycles. The summed E-state index contributed by atoms with van der Waals surface area (Å²) in [4.78, 5) is 16.0. The molecule has 0 radical (unpaired) electrons. The van der Waals surface area contributed by atoms with Gasteiger partial charge in [-0.3, -0.25) is 0 Å². The molecule has 5 nitrogen and oxygen atoms in total. The molecule has 106 valence electrons. The van der Waals surface area contributed by atoms with Gasteiger partial charge in [0.05, 0.1) is 18.4 Å². The van der Waals surface area contributed by atoms with Crippen LogP contribution >= 0.6 is 0 Å². The van der Waals surface area contributed by atoms with Crippen LogP contribution in [0.2, 0.25) is 0 Å². The number of carbonyl (C=O) groups excluding carboxylic acids is 1. The lowest BCUT2D eigenvalue weighted by Gasteiger charge is -2.14. The van der Waals surface area contributed by atoms with Crippen molar-refractivity contribution < 1.29 is 13.9 Å². The Bertz CT molecular complexity index is 749. The molecule has 0 saturated carbocycles. The van der Waals surface area contributed by atoms with E-state index in [0.717, 1.165) is 0 Å². The number of aryl methyl sites for hydroxylation is 1. The van der Waals surface area contributed by atoms with Gasteiger partial charge in [-0.15, -0.1) is 0 Å². The van der Waals surface area contributed by atoms with E-state index >= 15 is 0 Å². The minimum atomic E-state index is -0.629. The number of anilines is 1. The van der Waals surface area contributed by atoms with Crippen LogP contribution in [0.1, 0.15) is 21.6 Å². The van der Waals surface area contributed by atoms with E-state index in [2.05, 4.69) is 4.98 Å². The molecule has 1 aromatic carbocycles. The van der Waals surface area contributed by atoms with Crippen LogP contribution in [-0.4, -0.2) is 18.1 Å². The second kappa shape index (κ2) is 5.59. The highest BCUT2D eigenvalue weighted by molar-refractivity contribution is 6.00. The zero-order valence-electron chi connectivity index (χ0n) is 11.5. The maximum Gasteiger partial charge on any atom is 0.340 e. The van der Waals surface area contributed by atoms with E-state index in [9.17, 15) is 14.4 Å². The molecule has 0 aliphatic heterocycles. The third-order valence-corrected chi connectivity index (χ3v) is 3.04. The van der Waals surface area contributed by atoms with Crippen molar-refractivity contribution in [2.75, 3.05) is 12.8 Å². The summed E-state index contributed by atoms with van der Waals surface area (Å²) >= 11 is 0. The fraction of sp³-hybridized carbons (Fsp3) is 0.133. The number of nitriles is 1. The molecular formula is C15H12FN3O2. The van der Waals surface area contributed by atoms with Crippen molar-refractivity contribution in [3.63, 3.8) is 0 Å². The Labute approximate surface area is 120 Å². The number of ether oxygens (including phenoxy) is 1. The van der Waals surface area contributed by atoms with Gasteiger partial charge in [0.15, 0.2) is 0 Å². The highest BCUT2D eigenvalue weighted by atomic mass is 19.1. The maximum atomic E-state index is 13.1. The van der Waals surface area contributed by atoms with E-state index in [1.807, 2.05) is 6.07 Å². The van der Waals surface area contributed by atoms with E-state index in [-0.39, 0.29) is 16.9 Å². The number of hydrogen-bond acceptors (Lipinski definition) is 5. The number of aromatic nitrogens is 1. The van der Waals surface area contributed by atoms with Crippen LogP contribution in [-0.2, 0) is 4.74 Å². The number of nitrogens with two attached hydrogens (primary N) is 1. The second-order valence-electron chi connectivity index (χ2n) is 4.32. The normalized spacial score (nSPS) is 10.0. The van der Waals surface area contributed by atoms with Crippen LogP contribution in [0.25, 0.3) is 11.1 Å². The first-order valence-corrected chi connectivity index (χ1v) is 6.04. The largest absolute Gasteiger partial charge is 0.465 e. The van der Waals surface area contributed by atoms with Gasteiger partial charge in [0.1, 0.15) is 23.3 Å².